The number of carbonyl (C=O) groups excluding carboxylic acids is 2. The summed E-state index contributed by atoms with van der Waals surface area (Å²) in [5.41, 5.74) is -0.109. The Kier molecular flexibility index (Phi) is 8.32. The van der Waals surface area contributed by atoms with E-state index < -0.39 is 29.8 Å². The van der Waals surface area contributed by atoms with E-state index in [1.807, 2.05) is 6.07 Å². The van der Waals surface area contributed by atoms with Crippen molar-refractivity contribution < 1.29 is 23.8 Å². The lowest BCUT2D eigenvalue weighted by Gasteiger charge is -2.22. The summed E-state index contributed by atoms with van der Waals surface area (Å²) in [6.45, 7) is 8.47. The van der Waals surface area contributed by atoms with Gasteiger partial charge in [0.15, 0.2) is 6.10 Å². The van der Waals surface area contributed by atoms with Crippen LogP contribution in [0.2, 0.25) is 0 Å². The summed E-state index contributed by atoms with van der Waals surface area (Å²) in [6, 6.07) is 9.66. The molecule has 0 aliphatic heterocycles. The normalized spacial score (nSPS) is 13.0. The lowest BCUT2D eigenvalue weighted by atomic mass is 10.1. The van der Waals surface area contributed by atoms with Crippen molar-refractivity contribution in [1.29, 1.82) is 5.26 Å². The molecule has 2 unspecified atom stereocenters. The quantitative estimate of drug-likeness (QED) is 0.565. The van der Waals surface area contributed by atoms with Crippen molar-refractivity contribution in [3.63, 3.8) is 0 Å². The summed E-state index contributed by atoms with van der Waals surface area (Å²) in [4.78, 5) is 24.0. The van der Waals surface area contributed by atoms with Gasteiger partial charge in [-0.05, 0) is 26.3 Å². The number of benzene rings is 1. The highest BCUT2D eigenvalue weighted by molar-refractivity contribution is 5.76. The first-order chi connectivity index (χ1) is 12.3. The van der Waals surface area contributed by atoms with Gasteiger partial charge in [-0.3, -0.25) is 0 Å². The second kappa shape index (κ2) is 10.2. The molecule has 0 saturated carbocycles. The molecule has 1 aromatic carbocycles. The van der Waals surface area contributed by atoms with Crippen LogP contribution in [0.3, 0.4) is 0 Å². The number of rotatable bonds is 8. The largest absolute Gasteiger partial charge is 0.459 e. The van der Waals surface area contributed by atoms with Crippen LogP contribution in [0.25, 0.3) is 0 Å². The average molecular weight is 360 g/mol. The number of nitrogens with one attached hydrogen (secondary N) is 1. The molecule has 0 radical (unpaired) electrons. The van der Waals surface area contributed by atoms with E-state index in [4.69, 9.17) is 14.2 Å². The van der Waals surface area contributed by atoms with E-state index in [2.05, 4.69) is 11.9 Å². The molecule has 1 N–H and O–H groups in total. The van der Waals surface area contributed by atoms with Crippen molar-refractivity contribution >= 4 is 12.1 Å². The van der Waals surface area contributed by atoms with E-state index in [-0.39, 0.29) is 13.2 Å². The van der Waals surface area contributed by atoms with Crippen LogP contribution in [0.5, 0.6) is 0 Å². The fraction of sp³-hybridized carbons (Fsp3) is 0.421. The molecule has 0 saturated heterocycles. The second-order valence-electron chi connectivity index (χ2n) is 6.37. The summed E-state index contributed by atoms with van der Waals surface area (Å²) >= 11 is 0. The number of carbonyl (C=O) groups is 2. The number of nitrogens with zero attached hydrogens (tertiary/aromatic N) is 1. The van der Waals surface area contributed by atoms with Crippen LogP contribution in [-0.2, 0) is 19.0 Å². The van der Waals surface area contributed by atoms with E-state index in [1.54, 1.807) is 51.1 Å². The first-order valence-electron chi connectivity index (χ1n) is 8.10. The minimum Gasteiger partial charge on any atom is -0.459 e. The van der Waals surface area contributed by atoms with E-state index in [1.165, 1.54) is 6.08 Å². The molecule has 0 aromatic heterocycles. The molecular formula is C19H24N2O5. The summed E-state index contributed by atoms with van der Waals surface area (Å²) < 4.78 is 15.7. The standard InChI is InChI=1S/C19H24N2O5/c1-5-11-24-17(22)16(14-9-7-6-8-10-14)25-13-15(12-20)21-18(23)26-19(2,3)4/h5-10,15-16H,1,11,13H2,2-4H3,(H,21,23). The van der Waals surface area contributed by atoms with Crippen molar-refractivity contribution in [3.05, 3.63) is 48.6 Å². The number of hydrogen-bond acceptors (Lipinski definition) is 6. The smallest absolute Gasteiger partial charge is 0.408 e. The minimum absolute atomic E-state index is 0.0450. The van der Waals surface area contributed by atoms with E-state index in [9.17, 15) is 14.9 Å². The Hall–Kier alpha value is -2.85. The Labute approximate surface area is 153 Å². The van der Waals surface area contributed by atoms with Gasteiger partial charge < -0.3 is 19.5 Å². The molecule has 26 heavy (non-hydrogen) atoms. The predicted molar refractivity (Wildman–Crippen MR) is 95.1 cm³/mol. The van der Waals surface area contributed by atoms with E-state index in [0.29, 0.717) is 5.56 Å². The number of amides is 1. The Balaban J connectivity index is 2.74. The zero-order chi connectivity index (χ0) is 19.6. The maximum Gasteiger partial charge on any atom is 0.408 e. The van der Waals surface area contributed by atoms with Crippen LogP contribution < -0.4 is 5.32 Å². The molecule has 0 aliphatic carbocycles. The lowest BCUT2D eigenvalue weighted by molar-refractivity contribution is -0.156. The highest BCUT2D eigenvalue weighted by Crippen LogP contribution is 2.19. The van der Waals surface area contributed by atoms with Crippen LogP contribution in [0.15, 0.2) is 43.0 Å². The van der Waals surface area contributed by atoms with Crippen molar-refractivity contribution in [1.82, 2.24) is 5.32 Å². The first-order valence-corrected chi connectivity index (χ1v) is 8.10. The molecule has 1 aromatic rings. The molecule has 2 atom stereocenters. The van der Waals surface area contributed by atoms with Gasteiger partial charge in [-0.25, -0.2) is 9.59 Å². The van der Waals surface area contributed by atoms with Crippen LogP contribution in [0.4, 0.5) is 4.79 Å². The number of ether oxygens (including phenoxy) is 3. The molecule has 0 aliphatic rings. The third-order valence-electron chi connectivity index (χ3n) is 2.94. The lowest BCUT2D eigenvalue weighted by Crippen LogP contribution is -2.41. The molecule has 1 amide bonds. The Bertz CT molecular complexity index is 646. The van der Waals surface area contributed by atoms with Gasteiger partial charge in [0, 0.05) is 0 Å². The fourth-order valence-electron chi connectivity index (χ4n) is 1.90. The zero-order valence-electron chi connectivity index (χ0n) is 15.2. The molecular weight excluding hydrogens is 336 g/mol. The monoisotopic (exact) mass is 360 g/mol. The average Bonchev–Trinajstić information content (AvgIpc) is 2.58. The molecule has 0 bridgehead atoms. The Morgan fingerprint density at radius 2 is 1.96 bits per heavy atom. The Morgan fingerprint density at radius 1 is 1.31 bits per heavy atom. The van der Waals surface area contributed by atoms with Crippen molar-refractivity contribution in [3.8, 4) is 6.07 Å². The summed E-state index contributed by atoms with van der Waals surface area (Å²) in [5, 5.41) is 11.6. The number of nitriles is 1. The molecule has 7 heteroatoms. The van der Waals surface area contributed by atoms with Gasteiger partial charge in [-0.2, -0.15) is 5.26 Å². The van der Waals surface area contributed by atoms with Gasteiger partial charge in [-0.15, -0.1) is 0 Å². The highest BCUT2D eigenvalue weighted by Gasteiger charge is 2.25. The number of hydrogen-bond donors (Lipinski definition) is 1. The van der Waals surface area contributed by atoms with Crippen molar-refractivity contribution in [2.24, 2.45) is 0 Å². The SMILES string of the molecule is C=CCOC(=O)C(OCC(C#N)NC(=O)OC(C)(C)C)c1ccccc1. The van der Waals surface area contributed by atoms with Crippen LogP contribution in [-0.4, -0.2) is 36.9 Å². The maximum atomic E-state index is 12.2. The van der Waals surface area contributed by atoms with Crippen LogP contribution in [0.1, 0.15) is 32.4 Å². The van der Waals surface area contributed by atoms with Crippen molar-refractivity contribution in [2.45, 2.75) is 38.5 Å². The summed E-state index contributed by atoms with van der Waals surface area (Å²) in [7, 11) is 0. The molecule has 0 spiro atoms. The van der Waals surface area contributed by atoms with Gasteiger partial charge in [0.05, 0.1) is 12.7 Å². The number of alkyl carbamates (subject to hydrolysis) is 1. The van der Waals surface area contributed by atoms with Crippen LogP contribution >= 0.6 is 0 Å². The van der Waals surface area contributed by atoms with Gasteiger partial charge in [0.2, 0.25) is 0 Å². The molecule has 7 nitrogen and oxygen atoms in total. The van der Waals surface area contributed by atoms with Crippen LogP contribution in [0, 0.1) is 11.3 Å². The topological polar surface area (TPSA) is 97.6 Å². The third kappa shape index (κ3) is 7.81. The second-order valence-corrected chi connectivity index (χ2v) is 6.37. The van der Waals surface area contributed by atoms with E-state index >= 15 is 0 Å². The minimum atomic E-state index is -1.02. The Morgan fingerprint density at radius 3 is 2.50 bits per heavy atom. The van der Waals surface area contributed by atoms with Gasteiger partial charge in [-0.1, -0.05) is 43.0 Å². The summed E-state index contributed by atoms with van der Waals surface area (Å²) in [5.74, 6) is -0.606. The molecule has 0 fully saturated rings. The molecule has 0 heterocycles. The van der Waals surface area contributed by atoms with Gasteiger partial charge in [0.25, 0.3) is 0 Å². The molecule has 1 rings (SSSR count). The fourth-order valence-corrected chi connectivity index (χ4v) is 1.90. The predicted octanol–water partition coefficient (Wildman–Crippen LogP) is 2.89. The zero-order valence-corrected chi connectivity index (χ0v) is 15.2. The highest BCUT2D eigenvalue weighted by atomic mass is 16.6. The van der Waals surface area contributed by atoms with Crippen molar-refractivity contribution in [2.75, 3.05) is 13.2 Å². The van der Waals surface area contributed by atoms with Gasteiger partial charge in [0.1, 0.15) is 18.2 Å². The number of esters is 1. The first kappa shape index (κ1) is 21.2. The molecule has 140 valence electrons. The maximum absolute atomic E-state index is 12.2. The van der Waals surface area contributed by atoms with E-state index in [0.717, 1.165) is 0 Å². The van der Waals surface area contributed by atoms with Gasteiger partial charge >= 0.3 is 12.1 Å². The summed E-state index contributed by atoms with van der Waals surface area (Å²) in [6.07, 6.45) is -0.312. The third-order valence-corrected chi connectivity index (χ3v) is 2.94.